The Morgan fingerprint density at radius 1 is 0.548 bits per heavy atom. The van der Waals surface area contributed by atoms with Gasteiger partial charge in [0.1, 0.15) is 11.6 Å². The molecule has 0 bridgehead atoms. The van der Waals surface area contributed by atoms with Crippen molar-refractivity contribution in [3.05, 3.63) is 114 Å². The zero-order valence-corrected chi connectivity index (χ0v) is 21.5. The second-order valence-corrected chi connectivity index (χ2v) is 9.80. The van der Waals surface area contributed by atoms with Gasteiger partial charge in [-0.1, -0.05) is 60.7 Å². The Labute approximate surface area is 209 Å². The number of halogens is 4. The fourth-order valence-corrected chi connectivity index (χ4v) is 4.91. The highest BCUT2D eigenvalue weighted by Gasteiger charge is 2.11. The summed E-state index contributed by atoms with van der Waals surface area (Å²) in [6.45, 7) is 3.78. The first-order valence-corrected chi connectivity index (χ1v) is 12.1. The van der Waals surface area contributed by atoms with Gasteiger partial charge in [-0.2, -0.15) is 0 Å². The van der Waals surface area contributed by atoms with Crippen molar-refractivity contribution in [2.24, 2.45) is 0 Å². The van der Waals surface area contributed by atoms with Crippen LogP contribution in [0.1, 0.15) is 22.3 Å². The predicted octanol–water partition coefficient (Wildman–Crippen LogP) is 8.72. The minimum absolute atomic E-state index is 0.161. The van der Waals surface area contributed by atoms with Crippen molar-refractivity contribution in [3.8, 4) is 22.3 Å². The molecule has 0 unspecified atom stereocenters. The maximum Gasteiger partial charge on any atom is 0.137 e. The molecule has 0 spiro atoms. The quantitative estimate of drug-likeness (QED) is 0.155. The van der Waals surface area contributed by atoms with E-state index in [1.165, 1.54) is 23.3 Å². The zero-order valence-electron chi connectivity index (χ0n) is 17.1. The molecule has 0 aliphatic carbocycles. The Kier molecular flexibility index (Phi) is 6.77. The van der Waals surface area contributed by atoms with E-state index in [0.717, 1.165) is 37.8 Å². The highest BCUT2D eigenvalue weighted by molar-refractivity contribution is 14.1. The summed E-state index contributed by atoms with van der Waals surface area (Å²) in [6.07, 6.45) is 0.833. The summed E-state index contributed by atoms with van der Waals surface area (Å²) in [5, 5.41) is 0. The minimum atomic E-state index is -0.181. The normalized spacial score (nSPS) is 11.0. The highest BCUT2D eigenvalue weighted by atomic mass is 127. The number of hydrogen-bond donors (Lipinski definition) is 0. The van der Waals surface area contributed by atoms with Crippen molar-refractivity contribution in [2.45, 2.75) is 20.3 Å². The molecule has 0 saturated carbocycles. The minimum Gasteiger partial charge on any atom is -0.207 e. The topological polar surface area (TPSA) is 0 Å². The molecule has 0 radical (unpaired) electrons. The fraction of sp³-hybridized carbons (Fsp3) is 0.111. The fourth-order valence-electron chi connectivity index (χ4n) is 3.69. The van der Waals surface area contributed by atoms with Crippen molar-refractivity contribution in [1.29, 1.82) is 0 Å². The van der Waals surface area contributed by atoms with E-state index in [9.17, 15) is 8.78 Å². The molecular weight excluding hydrogens is 616 g/mol. The van der Waals surface area contributed by atoms with Crippen molar-refractivity contribution >= 4 is 45.2 Å². The molecule has 0 aromatic heterocycles. The summed E-state index contributed by atoms with van der Waals surface area (Å²) >= 11 is 4.26. The molecule has 0 heterocycles. The molecule has 4 aromatic carbocycles. The number of hydrogen-bond acceptors (Lipinski definition) is 0. The van der Waals surface area contributed by atoms with Crippen LogP contribution < -0.4 is 0 Å². The van der Waals surface area contributed by atoms with E-state index < -0.39 is 0 Å². The van der Waals surface area contributed by atoms with Crippen molar-refractivity contribution in [1.82, 2.24) is 0 Å². The van der Waals surface area contributed by atoms with Gasteiger partial charge in [0, 0.05) is 3.57 Å². The molecule has 0 fully saturated rings. The lowest BCUT2D eigenvalue weighted by Gasteiger charge is -2.11. The van der Waals surface area contributed by atoms with Crippen molar-refractivity contribution < 1.29 is 8.78 Å². The predicted molar refractivity (Wildman–Crippen MR) is 141 cm³/mol. The van der Waals surface area contributed by atoms with Gasteiger partial charge in [-0.15, -0.1) is 0 Å². The Bertz CT molecular complexity index is 1140. The van der Waals surface area contributed by atoms with Gasteiger partial charge < -0.3 is 0 Å². The van der Waals surface area contributed by atoms with Gasteiger partial charge in [0.2, 0.25) is 0 Å². The van der Waals surface area contributed by atoms with Gasteiger partial charge in [0.15, 0.2) is 0 Å². The summed E-state index contributed by atoms with van der Waals surface area (Å²) in [5.74, 6) is -0.342. The van der Waals surface area contributed by atoms with E-state index in [0.29, 0.717) is 9.13 Å². The Balaban J connectivity index is 1.53. The lowest BCUT2D eigenvalue weighted by molar-refractivity contribution is 0.617. The van der Waals surface area contributed by atoms with Crippen LogP contribution in [0.5, 0.6) is 0 Å². The van der Waals surface area contributed by atoms with Crippen LogP contribution in [0.4, 0.5) is 8.78 Å². The molecular formula is C27H20F2I2. The van der Waals surface area contributed by atoms with Crippen LogP contribution in [0, 0.1) is 32.6 Å². The average Bonchev–Trinajstić information content (AvgIpc) is 2.78. The molecule has 156 valence electrons. The van der Waals surface area contributed by atoms with Crippen LogP contribution in [-0.4, -0.2) is 0 Å². The molecule has 31 heavy (non-hydrogen) atoms. The summed E-state index contributed by atoms with van der Waals surface area (Å²) in [6, 6.07) is 23.7. The van der Waals surface area contributed by atoms with Crippen molar-refractivity contribution in [3.63, 3.8) is 0 Å². The summed E-state index contributed by atoms with van der Waals surface area (Å²) in [4.78, 5) is 0. The Morgan fingerprint density at radius 3 is 1.61 bits per heavy atom. The average molecular weight is 636 g/mol. The van der Waals surface area contributed by atoms with Gasteiger partial charge >= 0.3 is 0 Å². The maximum atomic E-state index is 13.8. The largest absolute Gasteiger partial charge is 0.207 e. The highest BCUT2D eigenvalue weighted by Crippen LogP contribution is 2.31. The standard InChI is InChI=1S/C27H20F2I2/c1-16-17(2)24(28)13-11-22(16)20-7-3-18(4-8-20)15-19-5-9-21(10-6-19)23-12-14-25(29)27(31)26(23)30/h3-14H,15H2,1-2H3. The summed E-state index contributed by atoms with van der Waals surface area (Å²) < 4.78 is 29.1. The van der Waals surface area contributed by atoms with Crippen LogP contribution in [0.25, 0.3) is 22.3 Å². The molecule has 0 aliphatic heterocycles. The molecule has 4 aromatic rings. The first kappa shape index (κ1) is 22.4. The second kappa shape index (κ2) is 9.36. The van der Waals surface area contributed by atoms with E-state index >= 15 is 0 Å². The third kappa shape index (κ3) is 4.70. The monoisotopic (exact) mass is 636 g/mol. The maximum absolute atomic E-state index is 13.8. The zero-order chi connectivity index (χ0) is 22.1. The van der Waals surface area contributed by atoms with Gasteiger partial charge in [-0.3, -0.25) is 0 Å². The smallest absolute Gasteiger partial charge is 0.137 e. The first-order valence-electron chi connectivity index (χ1n) is 9.93. The lowest BCUT2D eigenvalue weighted by atomic mass is 9.95. The van der Waals surface area contributed by atoms with E-state index in [4.69, 9.17) is 0 Å². The molecule has 4 heteroatoms. The van der Waals surface area contributed by atoms with Gasteiger partial charge in [0.25, 0.3) is 0 Å². The molecule has 0 aliphatic rings. The van der Waals surface area contributed by atoms with Gasteiger partial charge in [-0.25, -0.2) is 8.78 Å². The van der Waals surface area contributed by atoms with E-state index in [1.807, 2.05) is 26.0 Å². The molecule has 0 nitrogen and oxygen atoms in total. The Hall–Kier alpha value is -1.80. The third-order valence-electron chi connectivity index (χ3n) is 5.69. The van der Waals surface area contributed by atoms with Gasteiger partial charge in [-0.05, 0) is 122 Å². The molecule has 0 atom stereocenters. The van der Waals surface area contributed by atoms with Crippen LogP contribution in [0.3, 0.4) is 0 Å². The second-order valence-electron chi connectivity index (χ2n) is 7.64. The van der Waals surface area contributed by atoms with E-state index in [-0.39, 0.29) is 11.6 Å². The van der Waals surface area contributed by atoms with E-state index in [1.54, 1.807) is 0 Å². The summed E-state index contributed by atoms with van der Waals surface area (Å²) in [5.41, 5.74) is 8.42. The molecule has 0 amide bonds. The lowest BCUT2D eigenvalue weighted by Crippen LogP contribution is -1.93. The number of benzene rings is 4. The Morgan fingerprint density at radius 2 is 1.03 bits per heavy atom. The van der Waals surface area contributed by atoms with E-state index in [2.05, 4.69) is 93.7 Å². The molecule has 0 saturated heterocycles. The third-order valence-corrected chi connectivity index (χ3v) is 8.90. The SMILES string of the molecule is Cc1c(F)ccc(-c2ccc(Cc3ccc(-c4ccc(F)c(I)c4I)cc3)cc2)c1C. The van der Waals surface area contributed by atoms with Crippen LogP contribution in [0.15, 0.2) is 72.8 Å². The molecule has 4 rings (SSSR count). The van der Waals surface area contributed by atoms with Crippen LogP contribution in [-0.2, 0) is 6.42 Å². The number of rotatable bonds is 4. The van der Waals surface area contributed by atoms with Crippen molar-refractivity contribution in [2.75, 3.05) is 0 Å². The van der Waals surface area contributed by atoms with Gasteiger partial charge in [0.05, 0.1) is 3.57 Å². The molecule has 0 N–H and O–H groups in total. The van der Waals surface area contributed by atoms with Crippen LogP contribution in [0.2, 0.25) is 0 Å². The summed E-state index contributed by atoms with van der Waals surface area (Å²) in [7, 11) is 0. The van der Waals surface area contributed by atoms with Crippen LogP contribution >= 0.6 is 45.2 Å². The first-order chi connectivity index (χ1) is 14.8.